The molecule has 1 nitrogen and oxygen atoms in total. The zero-order valence-electron chi connectivity index (χ0n) is 9.26. The lowest BCUT2D eigenvalue weighted by atomic mass is 10.1. The summed E-state index contributed by atoms with van der Waals surface area (Å²) in [5, 5.41) is 0. The van der Waals surface area contributed by atoms with Gasteiger partial charge in [0.05, 0.1) is 0 Å². The molecular formula is C10H5BrF6OS2. The van der Waals surface area contributed by atoms with E-state index in [9.17, 15) is 31.1 Å². The van der Waals surface area contributed by atoms with Crippen molar-refractivity contribution in [3.8, 4) is 0 Å². The van der Waals surface area contributed by atoms with E-state index in [2.05, 4.69) is 15.9 Å². The number of rotatable bonds is 4. The van der Waals surface area contributed by atoms with Gasteiger partial charge < -0.3 is 0 Å². The van der Waals surface area contributed by atoms with Gasteiger partial charge in [-0.05, 0) is 35.7 Å². The van der Waals surface area contributed by atoms with Crippen LogP contribution < -0.4 is 0 Å². The number of halogens is 7. The molecule has 0 amide bonds. The van der Waals surface area contributed by atoms with E-state index in [4.69, 9.17) is 0 Å². The third-order valence-corrected chi connectivity index (χ3v) is 4.27. The smallest absolute Gasteiger partial charge is 0.292 e. The Labute approximate surface area is 126 Å². The maximum absolute atomic E-state index is 12.3. The molecule has 10 heteroatoms. The normalized spacial score (nSPS) is 12.8. The van der Waals surface area contributed by atoms with Crippen LogP contribution in [0.3, 0.4) is 0 Å². The van der Waals surface area contributed by atoms with Crippen molar-refractivity contribution in [2.24, 2.45) is 0 Å². The van der Waals surface area contributed by atoms with E-state index in [1.807, 2.05) is 0 Å². The zero-order chi connectivity index (χ0) is 15.6. The number of hydrogen-bond donors (Lipinski definition) is 0. The molecule has 0 aliphatic rings. The predicted octanol–water partition coefficient (Wildman–Crippen LogP) is 5.46. The van der Waals surface area contributed by atoms with Crippen molar-refractivity contribution in [3.63, 3.8) is 0 Å². The fourth-order valence-corrected chi connectivity index (χ4v) is 3.37. The number of benzene rings is 1. The quantitative estimate of drug-likeness (QED) is 0.380. The first-order chi connectivity index (χ1) is 8.98. The summed E-state index contributed by atoms with van der Waals surface area (Å²) in [7, 11) is 0. The van der Waals surface area contributed by atoms with Crippen LogP contribution in [0.1, 0.15) is 10.4 Å². The van der Waals surface area contributed by atoms with Gasteiger partial charge in [-0.3, -0.25) is 4.79 Å². The molecule has 0 unspecified atom stereocenters. The number of ketones is 1. The van der Waals surface area contributed by atoms with Crippen molar-refractivity contribution >= 4 is 45.2 Å². The molecule has 0 saturated heterocycles. The Hall–Kier alpha value is -0.350. The average molecular weight is 399 g/mol. The van der Waals surface area contributed by atoms with Gasteiger partial charge in [0.2, 0.25) is 0 Å². The molecule has 0 heterocycles. The minimum atomic E-state index is -4.94. The second kappa shape index (κ2) is 6.61. The third kappa shape index (κ3) is 6.40. The Morgan fingerprint density at radius 3 is 1.95 bits per heavy atom. The molecular weight excluding hydrogens is 394 g/mol. The maximum atomic E-state index is 12.3. The van der Waals surface area contributed by atoms with E-state index < -0.39 is 44.9 Å². The molecule has 20 heavy (non-hydrogen) atoms. The van der Waals surface area contributed by atoms with Gasteiger partial charge in [0.1, 0.15) is 4.58 Å². The highest BCUT2D eigenvalue weighted by Gasteiger charge is 2.43. The highest BCUT2D eigenvalue weighted by molar-refractivity contribution is 9.10. The molecule has 0 N–H and O–H groups in total. The van der Waals surface area contributed by atoms with Crippen LogP contribution in [-0.4, -0.2) is 21.4 Å². The fraction of sp³-hybridized carbons (Fsp3) is 0.300. The van der Waals surface area contributed by atoms with E-state index >= 15 is 0 Å². The van der Waals surface area contributed by atoms with Crippen LogP contribution >= 0.6 is 39.5 Å². The topological polar surface area (TPSA) is 17.1 Å². The van der Waals surface area contributed by atoms with Crippen LogP contribution in [0.2, 0.25) is 0 Å². The molecule has 0 radical (unpaired) electrons. The van der Waals surface area contributed by atoms with E-state index in [1.54, 1.807) is 0 Å². The minimum Gasteiger partial charge on any atom is -0.292 e. The highest BCUT2D eigenvalue weighted by atomic mass is 79.9. The lowest BCUT2D eigenvalue weighted by Crippen LogP contribution is -2.22. The fourth-order valence-electron chi connectivity index (χ4n) is 1.15. The molecule has 0 aromatic heterocycles. The zero-order valence-corrected chi connectivity index (χ0v) is 12.5. The molecule has 0 fully saturated rings. The molecule has 1 rings (SSSR count). The van der Waals surface area contributed by atoms with Crippen molar-refractivity contribution in [1.82, 2.24) is 0 Å². The molecule has 112 valence electrons. The van der Waals surface area contributed by atoms with E-state index in [0.717, 1.165) is 6.07 Å². The van der Waals surface area contributed by atoms with Gasteiger partial charge >= 0.3 is 11.0 Å². The Balaban J connectivity index is 3.00. The minimum absolute atomic E-state index is 0.224. The maximum Gasteiger partial charge on any atom is 0.443 e. The van der Waals surface area contributed by atoms with Crippen LogP contribution in [-0.2, 0) is 0 Å². The van der Waals surface area contributed by atoms with Crippen LogP contribution in [0.4, 0.5) is 26.3 Å². The number of carbonyl (C=O) groups is 1. The van der Waals surface area contributed by atoms with E-state index in [1.165, 1.54) is 18.2 Å². The van der Waals surface area contributed by atoms with Crippen LogP contribution in [0.5, 0.6) is 0 Å². The van der Waals surface area contributed by atoms with Crippen molar-refractivity contribution < 1.29 is 31.1 Å². The molecule has 1 aromatic carbocycles. The largest absolute Gasteiger partial charge is 0.443 e. The monoisotopic (exact) mass is 398 g/mol. The lowest BCUT2D eigenvalue weighted by molar-refractivity contribution is -0.0344. The summed E-state index contributed by atoms with van der Waals surface area (Å²) in [5.74, 6) is -1.24. The number of hydrogen-bond acceptors (Lipinski definition) is 3. The number of thioether (sulfide) groups is 2. The molecule has 1 aromatic rings. The summed E-state index contributed by atoms with van der Waals surface area (Å²) in [6, 6.07) is 5.18. The highest BCUT2D eigenvalue weighted by Crippen LogP contribution is 2.46. The molecule has 0 atom stereocenters. The van der Waals surface area contributed by atoms with Crippen LogP contribution in [0.25, 0.3) is 0 Å². The van der Waals surface area contributed by atoms with Crippen molar-refractivity contribution in [3.05, 3.63) is 34.3 Å². The molecule has 0 bridgehead atoms. The van der Waals surface area contributed by atoms with E-state index in [0.29, 0.717) is 4.47 Å². The molecule has 0 saturated carbocycles. The standard InChI is InChI=1S/C10H5BrF6OS2/c11-6-3-1-2-5(4-6)7(18)8(19-9(12,13)14)20-10(15,16)17/h1-4,8H. The first-order valence-electron chi connectivity index (χ1n) is 4.77. The summed E-state index contributed by atoms with van der Waals surface area (Å²) in [4.78, 5) is 11.8. The lowest BCUT2D eigenvalue weighted by Gasteiger charge is -2.18. The molecule has 0 aliphatic heterocycles. The summed E-state index contributed by atoms with van der Waals surface area (Å²) in [6.07, 6.45) is 0. The number of Topliss-reactive ketones (excluding diaryl/α,β-unsaturated/α-hetero) is 1. The van der Waals surface area contributed by atoms with Gasteiger partial charge in [0.15, 0.2) is 5.78 Å². The predicted molar refractivity (Wildman–Crippen MR) is 69.6 cm³/mol. The summed E-state index contributed by atoms with van der Waals surface area (Å²) >= 11 is 1.02. The Kier molecular flexibility index (Phi) is 5.85. The van der Waals surface area contributed by atoms with Crippen molar-refractivity contribution in [2.75, 3.05) is 0 Å². The Morgan fingerprint density at radius 1 is 1.05 bits per heavy atom. The van der Waals surface area contributed by atoms with Gasteiger partial charge in [0.25, 0.3) is 0 Å². The van der Waals surface area contributed by atoms with Crippen LogP contribution in [0, 0.1) is 0 Å². The summed E-state index contributed by atoms with van der Waals surface area (Å²) in [6.45, 7) is 0. The Bertz CT molecular complexity index is 471. The number of carbonyl (C=O) groups excluding carboxylic acids is 1. The summed E-state index contributed by atoms with van der Waals surface area (Å²) in [5.41, 5.74) is -10.1. The SMILES string of the molecule is O=C(c1cccc(Br)c1)C(SC(F)(F)F)SC(F)(F)F. The van der Waals surface area contributed by atoms with Crippen molar-refractivity contribution in [1.29, 1.82) is 0 Å². The third-order valence-electron chi connectivity index (χ3n) is 1.80. The first-order valence-corrected chi connectivity index (χ1v) is 7.32. The first kappa shape index (κ1) is 17.7. The van der Waals surface area contributed by atoms with Gasteiger partial charge in [-0.2, -0.15) is 26.3 Å². The summed E-state index contributed by atoms with van der Waals surface area (Å²) < 4.78 is 71.6. The van der Waals surface area contributed by atoms with Crippen molar-refractivity contribution in [2.45, 2.75) is 15.6 Å². The van der Waals surface area contributed by atoms with E-state index in [-0.39, 0.29) is 5.56 Å². The Morgan fingerprint density at radius 2 is 1.55 bits per heavy atom. The average Bonchev–Trinajstić information content (AvgIpc) is 2.23. The molecule has 0 aliphatic carbocycles. The van der Waals surface area contributed by atoms with Gasteiger partial charge in [-0.15, -0.1) is 0 Å². The second-order valence-electron chi connectivity index (χ2n) is 3.33. The van der Waals surface area contributed by atoms with Gasteiger partial charge in [-0.25, -0.2) is 0 Å². The number of alkyl halides is 6. The second-order valence-corrected chi connectivity index (χ2v) is 6.89. The van der Waals surface area contributed by atoms with Gasteiger partial charge in [-0.1, -0.05) is 28.1 Å². The van der Waals surface area contributed by atoms with Crippen LogP contribution in [0.15, 0.2) is 28.7 Å². The van der Waals surface area contributed by atoms with Gasteiger partial charge in [0, 0.05) is 10.0 Å². The molecule has 0 spiro atoms.